The summed E-state index contributed by atoms with van der Waals surface area (Å²) in [6.07, 6.45) is 1.55. The molecule has 3 aromatic rings. The number of halogens is 2. The minimum atomic E-state index is -1.34. The summed E-state index contributed by atoms with van der Waals surface area (Å²) in [7, 11) is 1.80. The molecule has 2 aliphatic heterocycles. The van der Waals surface area contributed by atoms with Crippen LogP contribution in [0.3, 0.4) is 0 Å². The average molecular weight is 436 g/mol. The molecule has 2 aliphatic rings. The fraction of sp³-hybridized carbons (Fsp3) is 0.208. The minimum absolute atomic E-state index is 0.253. The number of aromatic nitrogens is 1. The summed E-state index contributed by atoms with van der Waals surface area (Å²) >= 11 is 6.08. The van der Waals surface area contributed by atoms with E-state index in [-0.39, 0.29) is 23.3 Å². The Morgan fingerprint density at radius 2 is 1.97 bits per heavy atom. The third-order valence-electron chi connectivity index (χ3n) is 6.41. The number of hydrogen-bond acceptors (Lipinski definition) is 4. The first kappa shape index (κ1) is 19.8. The van der Waals surface area contributed by atoms with Gasteiger partial charge in [0.1, 0.15) is 17.1 Å². The largest absolute Gasteiger partial charge is 0.324 e. The number of carbonyl (C=O) groups is 2. The molecule has 1 spiro atoms. The zero-order valence-corrected chi connectivity index (χ0v) is 17.4. The van der Waals surface area contributed by atoms with Crippen LogP contribution in [-0.4, -0.2) is 35.2 Å². The van der Waals surface area contributed by atoms with Gasteiger partial charge in [-0.15, -0.1) is 0 Å². The number of fused-ring (bicyclic) bond motifs is 2. The number of ketones is 1. The molecule has 0 aliphatic carbocycles. The number of likely N-dealkylation sites (N-methyl/N-ethyl adjacent to an activating group) is 1. The van der Waals surface area contributed by atoms with Crippen LogP contribution >= 0.6 is 11.6 Å². The number of hydrogen-bond donors (Lipinski definition) is 1. The molecule has 7 heteroatoms. The normalized spacial score (nSPS) is 24.9. The van der Waals surface area contributed by atoms with Crippen LogP contribution in [0.2, 0.25) is 5.02 Å². The summed E-state index contributed by atoms with van der Waals surface area (Å²) in [6, 6.07) is 16.6. The Bertz CT molecular complexity index is 1190. The Balaban J connectivity index is 1.74. The third-order valence-corrected chi connectivity index (χ3v) is 6.66. The molecule has 1 amide bonds. The molecule has 3 heterocycles. The fourth-order valence-electron chi connectivity index (χ4n) is 5.09. The molecule has 1 fully saturated rings. The van der Waals surface area contributed by atoms with E-state index in [1.807, 2.05) is 17.0 Å². The van der Waals surface area contributed by atoms with Crippen LogP contribution < -0.4 is 5.32 Å². The summed E-state index contributed by atoms with van der Waals surface area (Å²) in [5.74, 6) is -2.14. The van der Waals surface area contributed by atoms with E-state index in [0.717, 1.165) is 5.56 Å². The summed E-state index contributed by atoms with van der Waals surface area (Å²) < 4.78 is 14.3. The van der Waals surface area contributed by atoms with Crippen LogP contribution in [0.25, 0.3) is 0 Å². The molecule has 1 saturated heterocycles. The number of pyridine rings is 1. The maximum atomic E-state index is 14.3. The second-order valence-corrected chi connectivity index (χ2v) is 8.44. The van der Waals surface area contributed by atoms with Gasteiger partial charge < -0.3 is 5.32 Å². The van der Waals surface area contributed by atoms with E-state index in [9.17, 15) is 14.0 Å². The zero-order valence-electron chi connectivity index (χ0n) is 16.7. The summed E-state index contributed by atoms with van der Waals surface area (Å²) in [6.45, 7) is 0.439. The number of anilines is 1. The lowest BCUT2D eigenvalue weighted by Gasteiger charge is -2.35. The van der Waals surface area contributed by atoms with Gasteiger partial charge in [0.15, 0.2) is 5.78 Å². The van der Waals surface area contributed by atoms with E-state index >= 15 is 0 Å². The molecule has 0 saturated carbocycles. The molecule has 3 atom stereocenters. The highest BCUT2D eigenvalue weighted by Crippen LogP contribution is 2.55. The van der Waals surface area contributed by atoms with Crippen molar-refractivity contribution in [3.8, 4) is 0 Å². The predicted molar refractivity (Wildman–Crippen MR) is 116 cm³/mol. The van der Waals surface area contributed by atoms with Gasteiger partial charge in [0.2, 0.25) is 5.91 Å². The van der Waals surface area contributed by atoms with Crippen LogP contribution in [0.4, 0.5) is 10.1 Å². The first-order valence-electron chi connectivity index (χ1n) is 9.96. The molecule has 5 rings (SSSR count). The number of nitrogens with zero attached hydrogens (tertiary/aromatic N) is 2. The Hall–Kier alpha value is -3.09. The van der Waals surface area contributed by atoms with Crippen molar-refractivity contribution >= 4 is 29.0 Å². The second-order valence-electron chi connectivity index (χ2n) is 8.01. The van der Waals surface area contributed by atoms with Gasteiger partial charge >= 0.3 is 0 Å². The highest BCUT2D eigenvalue weighted by atomic mass is 35.5. The van der Waals surface area contributed by atoms with Crippen molar-refractivity contribution in [2.45, 2.75) is 11.5 Å². The van der Waals surface area contributed by atoms with E-state index in [0.29, 0.717) is 22.8 Å². The average Bonchev–Trinajstić information content (AvgIpc) is 3.24. The number of Topliss-reactive ketones (excluding diaryl/α,β-unsaturated/α-hetero) is 1. The van der Waals surface area contributed by atoms with E-state index in [1.165, 1.54) is 12.1 Å². The van der Waals surface area contributed by atoms with Gasteiger partial charge in [0.05, 0.1) is 5.92 Å². The number of likely N-dealkylation sites (tertiary alicyclic amines) is 1. The van der Waals surface area contributed by atoms with Crippen LogP contribution in [0.15, 0.2) is 66.9 Å². The van der Waals surface area contributed by atoms with Gasteiger partial charge in [-0.25, -0.2) is 4.39 Å². The molecular weight excluding hydrogens is 417 g/mol. The lowest BCUT2D eigenvalue weighted by molar-refractivity contribution is -0.126. The molecule has 0 bridgehead atoms. The molecular formula is C24H19ClFN3O2. The van der Waals surface area contributed by atoms with Crippen molar-refractivity contribution in [3.05, 3.63) is 94.5 Å². The van der Waals surface area contributed by atoms with Crippen molar-refractivity contribution < 1.29 is 14.0 Å². The standard InChI is InChI=1S/C24H19ClFN3O2/c1-29-13-17(14-5-7-15(25)8-6-14)21(22(30)20-4-2-3-11-27-20)24(29)18-12-16(26)9-10-19(18)28-23(24)31/h2-12,17,21H,13H2,1H3,(H,28,31)/t17-,21+,24-/m1/s1. The smallest absolute Gasteiger partial charge is 0.250 e. The lowest BCUT2D eigenvalue weighted by Crippen LogP contribution is -2.51. The quantitative estimate of drug-likeness (QED) is 0.625. The highest BCUT2D eigenvalue weighted by molar-refractivity contribution is 6.30. The topological polar surface area (TPSA) is 62.3 Å². The maximum absolute atomic E-state index is 14.3. The van der Waals surface area contributed by atoms with Crippen molar-refractivity contribution in [2.75, 3.05) is 18.9 Å². The monoisotopic (exact) mass is 435 g/mol. The van der Waals surface area contributed by atoms with E-state index < -0.39 is 17.3 Å². The van der Waals surface area contributed by atoms with Crippen molar-refractivity contribution in [3.63, 3.8) is 0 Å². The van der Waals surface area contributed by atoms with Gasteiger partial charge in [0, 0.05) is 34.9 Å². The second kappa shape index (κ2) is 7.25. The first-order chi connectivity index (χ1) is 14.9. The maximum Gasteiger partial charge on any atom is 0.250 e. The molecule has 1 N–H and O–H groups in total. The Morgan fingerprint density at radius 1 is 1.19 bits per heavy atom. The summed E-state index contributed by atoms with van der Waals surface area (Å²) in [4.78, 5) is 33.4. The van der Waals surface area contributed by atoms with Gasteiger partial charge in [0.25, 0.3) is 0 Å². The number of amides is 1. The number of benzene rings is 2. The SMILES string of the molecule is CN1C[C@H](c2ccc(Cl)cc2)[C@@H](C(=O)c2ccccn2)[C@]12C(=O)Nc1ccc(F)cc12. The molecule has 5 nitrogen and oxygen atoms in total. The highest BCUT2D eigenvalue weighted by Gasteiger charge is 2.64. The molecule has 31 heavy (non-hydrogen) atoms. The first-order valence-corrected chi connectivity index (χ1v) is 10.3. The lowest BCUT2D eigenvalue weighted by atomic mass is 9.71. The minimum Gasteiger partial charge on any atom is -0.324 e. The van der Waals surface area contributed by atoms with Crippen molar-refractivity contribution in [1.82, 2.24) is 9.88 Å². The van der Waals surface area contributed by atoms with Crippen LogP contribution in [-0.2, 0) is 10.3 Å². The zero-order chi connectivity index (χ0) is 21.8. The fourth-order valence-corrected chi connectivity index (χ4v) is 5.22. The number of rotatable bonds is 3. The Morgan fingerprint density at radius 3 is 2.68 bits per heavy atom. The van der Waals surface area contributed by atoms with Crippen LogP contribution in [0.5, 0.6) is 0 Å². The van der Waals surface area contributed by atoms with Crippen LogP contribution in [0.1, 0.15) is 27.5 Å². The molecule has 0 unspecified atom stereocenters. The van der Waals surface area contributed by atoms with E-state index in [4.69, 9.17) is 11.6 Å². The third kappa shape index (κ3) is 2.90. The van der Waals surface area contributed by atoms with Crippen LogP contribution in [0, 0.1) is 11.7 Å². The van der Waals surface area contributed by atoms with Crippen molar-refractivity contribution in [2.24, 2.45) is 5.92 Å². The van der Waals surface area contributed by atoms with Gasteiger partial charge in [-0.2, -0.15) is 0 Å². The number of nitrogens with one attached hydrogen (secondary N) is 1. The van der Waals surface area contributed by atoms with Crippen molar-refractivity contribution in [1.29, 1.82) is 0 Å². The molecule has 0 radical (unpaired) electrons. The molecule has 2 aromatic carbocycles. The molecule has 156 valence electrons. The van der Waals surface area contributed by atoms with E-state index in [2.05, 4.69) is 10.3 Å². The summed E-state index contributed by atoms with van der Waals surface area (Å²) in [5, 5.41) is 3.45. The van der Waals surface area contributed by atoms with Gasteiger partial charge in [-0.05, 0) is 55.1 Å². The van der Waals surface area contributed by atoms with Gasteiger partial charge in [-0.3, -0.25) is 19.5 Å². The van der Waals surface area contributed by atoms with Gasteiger partial charge in [-0.1, -0.05) is 29.8 Å². The Kier molecular flexibility index (Phi) is 4.64. The Labute approximate surface area is 183 Å². The summed E-state index contributed by atoms with van der Waals surface area (Å²) in [5.41, 5.74) is 0.828. The molecule has 1 aromatic heterocycles. The van der Waals surface area contributed by atoms with E-state index in [1.54, 1.807) is 49.6 Å². The predicted octanol–water partition coefficient (Wildman–Crippen LogP) is 4.25. The number of carbonyl (C=O) groups excluding carboxylic acids is 2.